The quantitative estimate of drug-likeness (QED) is 0.604. The molecule has 1 saturated carbocycles. The Morgan fingerprint density at radius 3 is 1.96 bits per heavy atom. The van der Waals surface area contributed by atoms with Gasteiger partial charge in [-0.2, -0.15) is 0 Å². The molecule has 3 rings (SSSR count). The summed E-state index contributed by atoms with van der Waals surface area (Å²) in [4.78, 5) is 24.1. The van der Waals surface area contributed by atoms with Crippen molar-refractivity contribution in [3.63, 3.8) is 0 Å². The molecule has 0 atom stereocenters. The van der Waals surface area contributed by atoms with Crippen molar-refractivity contribution in [2.24, 2.45) is 5.92 Å². The molecule has 26 heavy (non-hydrogen) atoms. The Hall–Kier alpha value is -3.02. The number of carbonyl (C=O) groups is 2. The van der Waals surface area contributed by atoms with Gasteiger partial charge < -0.3 is 10.6 Å². The second-order valence-corrected chi connectivity index (χ2v) is 6.47. The Balaban J connectivity index is 1.45. The highest BCUT2D eigenvalue weighted by Crippen LogP contribution is 2.23. The lowest BCUT2D eigenvalue weighted by Crippen LogP contribution is -2.35. The summed E-state index contributed by atoms with van der Waals surface area (Å²) in [6.07, 6.45) is 5.41. The highest BCUT2D eigenvalue weighted by Gasteiger charge is 2.20. The number of rotatable bonds is 5. The highest BCUT2D eigenvalue weighted by atomic mass is 16.2. The van der Waals surface area contributed by atoms with E-state index in [0.29, 0.717) is 5.69 Å². The average molecular weight is 352 g/mol. The molecule has 3 amide bonds. The van der Waals surface area contributed by atoms with Gasteiger partial charge in [0.2, 0.25) is 5.91 Å². The molecule has 0 spiro atoms. The summed E-state index contributed by atoms with van der Waals surface area (Å²) in [5.74, 6) is 0.160. The van der Waals surface area contributed by atoms with E-state index in [2.05, 4.69) is 21.5 Å². The van der Waals surface area contributed by atoms with Crippen LogP contribution in [-0.4, -0.2) is 11.9 Å². The van der Waals surface area contributed by atoms with Gasteiger partial charge in [-0.15, -0.1) is 0 Å². The van der Waals surface area contributed by atoms with Crippen LogP contribution in [0.5, 0.6) is 0 Å². The SMILES string of the molecule is O=C(Nc1ccccc1)Nc1ccc(NNC(=O)C2CCCCC2)cc1. The Labute approximate surface area is 153 Å². The molecule has 0 unspecified atom stereocenters. The van der Waals surface area contributed by atoms with E-state index in [1.54, 1.807) is 24.3 Å². The van der Waals surface area contributed by atoms with Crippen molar-refractivity contribution in [1.29, 1.82) is 0 Å². The van der Waals surface area contributed by atoms with Crippen LogP contribution >= 0.6 is 0 Å². The van der Waals surface area contributed by atoms with Crippen LogP contribution < -0.4 is 21.5 Å². The largest absolute Gasteiger partial charge is 0.323 e. The van der Waals surface area contributed by atoms with Crippen LogP contribution in [0.2, 0.25) is 0 Å². The van der Waals surface area contributed by atoms with Gasteiger partial charge in [0.05, 0.1) is 5.69 Å². The molecule has 1 fully saturated rings. The molecule has 1 aliphatic rings. The number of hydrogen-bond acceptors (Lipinski definition) is 3. The standard InChI is InChI=1S/C20H24N4O2/c25-19(15-7-3-1-4-8-15)24-23-18-13-11-17(12-14-18)22-20(26)21-16-9-5-2-6-10-16/h2,5-6,9-15,23H,1,3-4,7-8H2,(H,24,25)(H2,21,22,26). The monoisotopic (exact) mass is 352 g/mol. The summed E-state index contributed by atoms with van der Waals surface area (Å²) < 4.78 is 0. The zero-order valence-electron chi connectivity index (χ0n) is 14.6. The fraction of sp³-hybridized carbons (Fsp3) is 0.300. The number of para-hydroxylation sites is 1. The second kappa shape index (κ2) is 8.89. The van der Waals surface area contributed by atoms with Gasteiger partial charge in [0.25, 0.3) is 0 Å². The zero-order valence-corrected chi connectivity index (χ0v) is 14.6. The Morgan fingerprint density at radius 1 is 0.731 bits per heavy atom. The van der Waals surface area contributed by atoms with Gasteiger partial charge in [0, 0.05) is 17.3 Å². The van der Waals surface area contributed by atoms with Crippen LogP contribution in [0.3, 0.4) is 0 Å². The van der Waals surface area contributed by atoms with Crippen molar-refractivity contribution in [2.45, 2.75) is 32.1 Å². The minimum atomic E-state index is -0.303. The van der Waals surface area contributed by atoms with Crippen LogP contribution in [0, 0.1) is 5.92 Å². The summed E-state index contributed by atoms with van der Waals surface area (Å²) in [5.41, 5.74) is 7.87. The molecule has 136 valence electrons. The van der Waals surface area contributed by atoms with Crippen LogP contribution in [0.15, 0.2) is 54.6 Å². The third kappa shape index (κ3) is 5.24. The van der Waals surface area contributed by atoms with Crippen molar-refractivity contribution in [2.75, 3.05) is 16.1 Å². The molecule has 2 aromatic carbocycles. The molecule has 4 N–H and O–H groups in total. The van der Waals surface area contributed by atoms with Gasteiger partial charge in [0.15, 0.2) is 0 Å². The number of benzene rings is 2. The van der Waals surface area contributed by atoms with E-state index >= 15 is 0 Å². The van der Waals surface area contributed by atoms with Gasteiger partial charge >= 0.3 is 6.03 Å². The van der Waals surface area contributed by atoms with Gasteiger partial charge in [-0.3, -0.25) is 15.6 Å². The first-order valence-corrected chi connectivity index (χ1v) is 9.00. The predicted molar refractivity (Wildman–Crippen MR) is 104 cm³/mol. The number of nitrogens with one attached hydrogen (secondary N) is 4. The minimum absolute atomic E-state index is 0.0501. The molecular formula is C20H24N4O2. The number of anilines is 3. The van der Waals surface area contributed by atoms with Gasteiger partial charge in [-0.1, -0.05) is 37.5 Å². The van der Waals surface area contributed by atoms with Crippen LogP contribution in [0.25, 0.3) is 0 Å². The summed E-state index contributed by atoms with van der Waals surface area (Å²) in [5, 5.41) is 5.53. The molecule has 0 heterocycles. The van der Waals surface area contributed by atoms with Gasteiger partial charge in [0.1, 0.15) is 0 Å². The first kappa shape index (κ1) is 17.8. The maximum absolute atomic E-state index is 12.1. The summed E-state index contributed by atoms with van der Waals surface area (Å²) in [6, 6.07) is 16.1. The first-order chi connectivity index (χ1) is 12.7. The molecule has 6 nitrogen and oxygen atoms in total. The fourth-order valence-electron chi connectivity index (χ4n) is 3.05. The summed E-state index contributed by atoms with van der Waals surface area (Å²) in [7, 11) is 0. The molecule has 6 heteroatoms. The number of carbonyl (C=O) groups excluding carboxylic acids is 2. The van der Waals surface area contributed by atoms with Crippen LogP contribution in [0.1, 0.15) is 32.1 Å². The van der Waals surface area contributed by atoms with E-state index in [0.717, 1.165) is 37.1 Å². The van der Waals surface area contributed by atoms with E-state index in [4.69, 9.17) is 0 Å². The Morgan fingerprint density at radius 2 is 1.31 bits per heavy atom. The van der Waals surface area contributed by atoms with E-state index in [9.17, 15) is 9.59 Å². The lowest BCUT2D eigenvalue weighted by atomic mass is 9.89. The van der Waals surface area contributed by atoms with Crippen LogP contribution in [-0.2, 0) is 4.79 Å². The third-order valence-electron chi connectivity index (χ3n) is 4.48. The number of urea groups is 1. The Kier molecular flexibility index (Phi) is 6.09. The van der Waals surface area contributed by atoms with Crippen molar-refractivity contribution >= 4 is 29.0 Å². The van der Waals surface area contributed by atoms with Crippen LogP contribution in [0.4, 0.5) is 21.9 Å². The molecule has 1 aliphatic carbocycles. The van der Waals surface area contributed by atoms with Crippen molar-refractivity contribution in [1.82, 2.24) is 5.43 Å². The van der Waals surface area contributed by atoms with Gasteiger partial charge in [-0.25, -0.2) is 4.79 Å². The second-order valence-electron chi connectivity index (χ2n) is 6.47. The number of hydrogen-bond donors (Lipinski definition) is 4. The summed E-state index contributed by atoms with van der Waals surface area (Å²) >= 11 is 0. The van der Waals surface area contributed by atoms with Crippen molar-refractivity contribution in [3.8, 4) is 0 Å². The molecule has 0 bridgehead atoms. The molecule has 0 aromatic heterocycles. The van der Waals surface area contributed by atoms with E-state index in [1.807, 2.05) is 30.3 Å². The number of amides is 3. The Bertz CT molecular complexity index is 725. The van der Waals surface area contributed by atoms with E-state index < -0.39 is 0 Å². The lowest BCUT2D eigenvalue weighted by molar-refractivity contribution is -0.125. The zero-order chi connectivity index (χ0) is 18.2. The highest BCUT2D eigenvalue weighted by molar-refractivity contribution is 5.99. The molecule has 0 radical (unpaired) electrons. The molecule has 2 aromatic rings. The topological polar surface area (TPSA) is 82.3 Å². The lowest BCUT2D eigenvalue weighted by Gasteiger charge is -2.21. The van der Waals surface area contributed by atoms with Crippen molar-refractivity contribution < 1.29 is 9.59 Å². The van der Waals surface area contributed by atoms with Crippen molar-refractivity contribution in [3.05, 3.63) is 54.6 Å². The molecule has 0 aliphatic heterocycles. The molecule has 0 saturated heterocycles. The maximum atomic E-state index is 12.1. The molecular weight excluding hydrogens is 328 g/mol. The van der Waals surface area contributed by atoms with E-state index in [1.165, 1.54) is 6.42 Å². The number of hydrazine groups is 1. The average Bonchev–Trinajstić information content (AvgIpc) is 2.68. The van der Waals surface area contributed by atoms with E-state index in [-0.39, 0.29) is 17.9 Å². The van der Waals surface area contributed by atoms with Gasteiger partial charge in [-0.05, 0) is 49.2 Å². The maximum Gasteiger partial charge on any atom is 0.323 e. The smallest absolute Gasteiger partial charge is 0.308 e. The predicted octanol–water partition coefficient (Wildman–Crippen LogP) is 4.35. The fourth-order valence-corrected chi connectivity index (χ4v) is 3.05. The normalized spacial score (nSPS) is 14.3. The summed E-state index contributed by atoms with van der Waals surface area (Å²) in [6.45, 7) is 0. The minimum Gasteiger partial charge on any atom is -0.308 e. The third-order valence-corrected chi connectivity index (χ3v) is 4.48. The first-order valence-electron chi connectivity index (χ1n) is 9.00.